The third kappa shape index (κ3) is 15.7. The predicted octanol–water partition coefficient (Wildman–Crippen LogP) is 5.87. The minimum absolute atomic E-state index is 0.132. The summed E-state index contributed by atoms with van der Waals surface area (Å²) in [6, 6.07) is 0. The maximum atomic E-state index is 10.7. The van der Waals surface area contributed by atoms with Crippen LogP contribution < -0.4 is 0 Å². The van der Waals surface area contributed by atoms with Crippen LogP contribution in [0, 0.1) is 0 Å². The Balaban J connectivity index is 1.83. The Morgan fingerprint density at radius 2 is 1.50 bits per heavy atom. The fourth-order valence-electron chi connectivity index (χ4n) is 3.31. The van der Waals surface area contributed by atoms with Crippen LogP contribution in [-0.4, -0.2) is 35.4 Å². The number of phosphoric acid groups is 1. The molecule has 28 heavy (non-hydrogen) atoms. The molecule has 0 radical (unpaired) electrons. The van der Waals surface area contributed by atoms with Crippen molar-refractivity contribution in [1.29, 1.82) is 0 Å². The number of rotatable bonds is 18. The Hall–Kier alpha value is -0.230. The molecule has 0 aromatic carbocycles. The van der Waals surface area contributed by atoms with E-state index in [1.807, 2.05) is 0 Å². The smallest absolute Gasteiger partial charge is 0.350 e. The van der Waals surface area contributed by atoms with Crippen LogP contribution in [0.1, 0.15) is 96.8 Å². The van der Waals surface area contributed by atoms with Crippen molar-refractivity contribution in [3.63, 3.8) is 0 Å². The first-order chi connectivity index (χ1) is 13.5. The van der Waals surface area contributed by atoms with E-state index in [1.54, 1.807) is 0 Å². The lowest BCUT2D eigenvalue weighted by atomic mass is 10.1. The van der Waals surface area contributed by atoms with E-state index in [4.69, 9.17) is 19.3 Å². The molecule has 2 atom stereocenters. The van der Waals surface area contributed by atoms with Gasteiger partial charge in [-0.1, -0.05) is 70.4 Å². The van der Waals surface area contributed by atoms with Gasteiger partial charge < -0.3 is 19.3 Å². The number of unbranched alkanes of at least 4 members (excludes halogenated alkanes) is 11. The summed E-state index contributed by atoms with van der Waals surface area (Å²) in [7, 11) is -4.43. The lowest BCUT2D eigenvalue weighted by Gasteiger charge is -2.12. The Kier molecular flexibility index (Phi) is 15.3. The van der Waals surface area contributed by atoms with E-state index in [0.29, 0.717) is 6.61 Å². The molecule has 0 amide bonds. The van der Waals surface area contributed by atoms with Gasteiger partial charge in [-0.15, -0.1) is 0 Å². The Morgan fingerprint density at radius 3 is 2.11 bits per heavy atom. The summed E-state index contributed by atoms with van der Waals surface area (Å²) >= 11 is 0. The molecule has 166 valence electrons. The maximum Gasteiger partial charge on any atom is 0.469 e. The molecule has 0 saturated carbocycles. The molecule has 7 heteroatoms. The largest absolute Gasteiger partial charge is 0.469 e. The molecule has 0 bridgehead atoms. The van der Waals surface area contributed by atoms with E-state index >= 15 is 0 Å². The highest BCUT2D eigenvalue weighted by atomic mass is 31.2. The topological polar surface area (TPSA) is 85.2 Å². The summed E-state index contributed by atoms with van der Waals surface area (Å²) < 4.78 is 26.2. The fourth-order valence-corrected chi connectivity index (χ4v) is 3.67. The number of ether oxygens (including phenoxy) is 2. The molecular formula is C21H41O6P. The molecule has 1 unspecified atom stereocenters. The second kappa shape index (κ2) is 16.6. The third-order valence-electron chi connectivity index (χ3n) is 4.94. The van der Waals surface area contributed by atoms with Crippen LogP contribution in [0.25, 0.3) is 0 Å². The standard InChI is InChI=1S/C21H41O6P/c1-2-3-4-5-6-7-8-9-10-11-12-13-14-15-16-17-21-25-18-20(27-21)19-26-28(22,23)24/h9-10,20-21H,2-8,11-19H2,1H3,(H2,22,23,24)/t20?,21-/m1/s1. The lowest BCUT2D eigenvalue weighted by Crippen LogP contribution is -2.18. The van der Waals surface area contributed by atoms with Gasteiger partial charge in [-0.05, 0) is 38.5 Å². The number of allylic oxidation sites excluding steroid dienone is 2. The van der Waals surface area contributed by atoms with Gasteiger partial charge in [0.2, 0.25) is 0 Å². The van der Waals surface area contributed by atoms with Crippen molar-refractivity contribution in [3.05, 3.63) is 12.2 Å². The summed E-state index contributed by atoms with van der Waals surface area (Å²) in [5.74, 6) is 0. The van der Waals surface area contributed by atoms with Crippen molar-refractivity contribution in [2.24, 2.45) is 0 Å². The molecule has 0 aliphatic carbocycles. The third-order valence-corrected chi connectivity index (χ3v) is 5.43. The Labute approximate surface area is 171 Å². The van der Waals surface area contributed by atoms with Crippen LogP contribution in [-0.2, 0) is 18.6 Å². The summed E-state index contributed by atoms with van der Waals surface area (Å²) in [6.45, 7) is 2.45. The molecule has 1 heterocycles. The quantitative estimate of drug-likeness (QED) is 0.164. The van der Waals surface area contributed by atoms with E-state index in [0.717, 1.165) is 19.3 Å². The van der Waals surface area contributed by atoms with E-state index in [9.17, 15) is 4.57 Å². The van der Waals surface area contributed by atoms with Crippen LogP contribution in [0.3, 0.4) is 0 Å². The number of hydrogen-bond donors (Lipinski definition) is 2. The highest BCUT2D eigenvalue weighted by Crippen LogP contribution is 2.36. The van der Waals surface area contributed by atoms with Gasteiger partial charge in [0.25, 0.3) is 0 Å². The molecule has 1 rings (SSSR count). The van der Waals surface area contributed by atoms with Crippen molar-refractivity contribution in [3.8, 4) is 0 Å². The van der Waals surface area contributed by atoms with Gasteiger partial charge in [-0.25, -0.2) is 4.57 Å². The van der Waals surface area contributed by atoms with Crippen molar-refractivity contribution in [2.75, 3.05) is 13.2 Å². The number of hydrogen-bond acceptors (Lipinski definition) is 4. The van der Waals surface area contributed by atoms with Gasteiger partial charge in [0.1, 0.15) is 6.10 Å². The normalized spacial score (nSPS) is 20.4. The van der Waals surface area contributed by atoms with Crippen molar-refractivity contribution < 1.29 is 28.3 Å². The Bertz CT molecular complexity index is 437. The van der Waals surface area contributed by atoms with Crippen molar-refractivity contribution >= 4 is 7.82 Å². The zero-order valence-corrected chi connectivity index (χ0v) is 18.5. The highest BCUT2D eigenvalue weighted by molar-refractivity contribution is 7.46. The highest BCUT2D eigenvalue weighted by Gasteiger charge is 2.28. The minimum atomic E-state index is -4.43. The van der Waals surface area contributed by atoms with Gasteiger partial charge in [-0.3, -0.25) is 4.52 Å². The van der Waals surface area contributed by atoms with Gasteiger partial charge in [0, 0.05) is 0 Å². The first-order valence-electron chi connectivity index (χ1n) is 11.1. The minimum Gasteiger partial charge on any atom is -0.350 e. The summed E-state index contributed by atoms with van der Waals surface area (Å²) in [5, 5.41) is 0. The zero-order valence-electron chi connectivity index (χ0n) is 17.6. The summed E-state index contributed by atoms with van der Waals surface area (Å²) in [5.41, 5.74) is 0. The van der Waals surface area contributed by atoms with E-state index in [1.165, 1.54) is 70.6 Å². The maximum absolute atomic E-state index is 10.7. The molecule has 1 saturated heterocycles. The molecular weight excluding hydrogens is 379 g/mol. The predicted molar refractivity (Wildman–Crippen MR) is 112 cm³/mol. The molecule has 6 nitrogen and oxygen atoms in total. The monoisotopic (exact) mass is 420 g/mol. The fraction of sp³-hybridized carbons (Fsp3) is 0.905. The van der Waals surface area contributed by atoms with Crippen LogP contribution in [0.2, 0.25) is 0 Å². The van der Waals surface area contributed by atoms with E-state index < -0.39 is 7.82 Å². The first-order valence-corrected chi connectivity index (χ1v) is 12.7. The second-order valence-electron chi connectivity index (χ2n) is 7.68. The first kappa shape index (κ1) is 25.8. The summed E-state index contributed by atoms with van der Waals surface area (Å²) in [4.78, 5) is 17.4. The Morgan fingerprint density at radius 1 is 0.929 bits per heavy atom. The molecule has 0 aromatic rings. The van der Waals surface area contributed by atoms with E-state index in [-0.39, 0.29) is 19.0 Å². The lowest BCUT2D eigenvalue weighted by molar-refractivity contribution is -0.0698. The van der Waals surface area contributed by atoms with E-state index in [2.05, 4.69) is 23.6 Å². The molecule has 1 aliphatic rings. The van der Waals surface area contributed by atoms with Gasteiger partial charge in [-0.2, -0.15) is 0 Å². The molecule has 1 aliphatic heterocycles. The van der Waals surface area contributed by atoms with Gasteiger partial charge >= 0.3 is 7.82 Å². The molecule has 1 fully saturated rings. The number of phosphoric ester groups is 1. The molecule has 0 aromatic heterocycles. The average Bonchev–Trinajstić information content (AvgIpc) is 3.10. The summed E-state index contributed by atoms with van der Waals surface area (Å²) in [6.07, 6.45) is 21.4. The molecule has 0 spiro atoms. The van der Waals surface area contributed by atoms with Crippen LogP contribution in [0.5, 0.6) is 0 Å². The SMILES string of the molecule is CCCCCCCCC=CCCCCCCC[C@@H]1OCC(COP(=O)(O)O)O1. The second-order valence-corrected chi connectivity index (χ2v) is 8.92. The van der Waals surface area contributed by atoms with Crippen molar-refractivity contribution in [2.45, 2.75) is 109 Å². The van der Waals surface area contributed by atoms with Crippen LogP contribution >= 0.6 is 7.82 Å². The average molecular weight is 421 g/mol. The zero-order chi connectivity index (χ0) is 20.5. The van der Waals surface area contributed by atoms with Crippen molar-refractivity contribution in [1.82, 2.24) is 0 Å². The van der Waals surface area contributed by atoms with Gasteiger partial charge in [0.15, 0.2) is 6.29 Å². The van der Waals surface area contributed by atoms with Crippen LogP contribution in [0.15, 0.2) is 12.2 Å². The van der Waals surface area contributed by atoms with Gasteiger partial charge in [0.05, 0.1) is 13.2 Å². The van der Waals surface area contributed by atoms with Crippen LogP contribution in [0.4, 0.5) is 0 Å². The molecule has 2 N–H and O–H groups in total.